The first-order valence-corrected chi connectivity index (χ1v) is 6.83. The van der Waals surface area contributed by atoms with E-state index >= 15 is 0 Å². The number of fused-ring (bicyclic) bond motifs is 1. The number of aryl methyl sites for hydroxylation is 2. The summed E-state index contributed by atoms with van der Waals surface area (Å²) in [5.74, 6) is 0.883. The number of thiophene rings is 1. The molecule has 1 N–H and O–H groups in total. The molecule has 3 rings (SSSR count). The molecule has 1 aliphatic carbocycles. The van der Waals surface area contributed by atoms with Gasteiger partial charge in [-0.15, -0.1) is 16.4 Å². The average molecular weight is 245 g/mol. The summed E-state index contributed by atoms with van der Waals surface area (Å²) in [4.78, 5) is 1.52. The summed E-state index contributed by atoms with van der Waals surface area (Å²) < 4.78 is 0. The first-order chi connectivity index (χ1) is 8.33. The lowest BCUT2D eigenvalue weighted by Gasteiger charge is -2.24. The summed E-state index contributed by atoms with van der Waals surface area (Å²) in [7, 11) is 0. The van der Waals surface area contributed by atoms with Gasteiger partial charge in [0.2, 0.25) is 0 Å². The van der Waals surface area contributed by atoms with Gasteiger partial charge in [-0.25, -0.2) is 0 Å². The van der Waals surface area contributed by atoms with Gasteiger partial charge in [0, 0.05) is 4.88 Å². The fourth-order valence-electron chi connectivity index (χ4n) is 2.35. The zero-order chi connectivity index (χ0) is 11.7. The summed E-state index contributed by atoms with van der Waals surface area (Å²) in [5, 5.41) is 13.8. The van der Waals surface area contributed by atoms with Crippen molar-refractivity contribution in [1.29, 1.82) is 0 Å². The fourth-order valence-corrected chi connectivity index (χ4v) is 3.34. The average Bonchev–Trinajstić information content (AvgIpc) is 2.78. The van der Waals surface area contributed by atoms with Crippen LogP contribution in [0.25, 0.3) is 0 Å². The standard InChI is InChI=1S/C13H15N3S/c1-9-7-13(16-14-8-9)15-11-3-2-4-12-10(11)5-6-17-12/h5-8,11H,2-4H2,1H3,(H,15,16). The van der Waals surface area contributed by atoms with E-state index in [1.165, 1.54) is 29.7 Å². The second-order valence-electron chi connectivity index (χ2n) is 4.51. The molecule has 0 amide bonds. The number of nitrogens with one attached hydrogen (secondary N) is 1. The summed E-state index contributed by atoms with van der Waals surface area (Å²) in [6.07, 6.45) is 5.44. The number of hydrogen-bond donors (Lipinski definition) is 1. The number of anilines is 1. The molecule has 88 valence electrons. The predicted molar refractivity (Wildman–Crippen MR) is 70.4 cm³/mol. The third kappa shape index (κ3) is 2.17. The second-order valence-corrected chi connectivity index (χ2v) is 5.51. The Kier molecular flexibility index (Phi) is 2.81. The summed E-state index contributed by atoms with van der Waals surface area (Å²) >= 11 is 1.87. The highest BCUT2D eigenvalue weighted by Crippen LogP contribution is 2.35. The maximum atomic E-state index is 4.13. The Morgan fingerprint density at radius 3 is 3.29 bits per heavy atom. The first-order valence-electron chi connectivity index (χ1n) is 5.95. The molecule has 0 radical (unpaired) electrons. The minimum Gasteiger partial charge on any atom is -0.362 e. The predicted octanol–water partition coefficient (Wildman–Crippen LogP) is 3.34. The Morgan fingerprint density at radius 1 is 1.47 bits per heavy atom. The molecule has 17 heavy (non-hydrogen) atoms. The van der Waals surface area contributed by atoms with E-state index < -0.39 is 0 Å². The van der Waals surface area contributed by atoms with Crippen molar-refractivity contribution in [3.05, 3.63) is 39.7 Å². The highest BCUT2D eigenvalue weighted by atomic mass is 32.1. The number of rotatable bonds is 2. The van der Waals surface area contributed by atoms with Crippen LogP contribution in [0.4, 0.5) is 5.82 Å². The van der Waals surface area contributed by atoms with Crippen LogP contribution < -0.4 is 5.32 Å². The van der Waals surface area contributed by atoms with E-state index in [9.17, 15) is 0 Å². The molecule has 2 aromatic heterocycles. The van der Waals surface area contributed by atoms with Crippen LogP contribution in [0, 0.1) is 6.92 Å². The molecular formula is C13H15N3S. The molecule has 1 aliphatic rings. The van der Waals surface area contributed by atoms with E-state index in [1.54, 1.807) is 6.20 Å². The van der Waals surface area contributed by atoms with Gasteiger partial charge in [0.05, 0.1) is 12.2 Å². The number of hydrogen-bond acceptors (Lipinski definition) is 4. The van der Waals surface area contributed by atoms with Crippen molar-refractivity contribution in [2.45, 2.75) is 32.2 Å². The van der Waals surface area contributed by atoms with Gasteiger partial charge >= 0.3 is 0 Å². The van der Waals surface area contributed by atoms with Crippen molar-refractivity contribution in [3.8, 4) is 0 Å². The molecule has 0 saturated carbocycles. The second kappa shape index (κ2) is 4.45. The van der Waals surface area contributed by atoms with Crippen LogP contribution in [0.2, 0.25) is 0 Å². The SMILES string of the molecule is Cc1cnnc(NC2CCCc3sccc32)c1. The lowest BCUT2D eigenvalue weighted by molar-refractivity contribution is 0.606. The van der Waals surface area contributed by atoms with Crippen molar-refractivity contribution >= 4 is 17.2 Å². The van der Waals surface area contributed by atoms with Gasteiger partial charge in [-0.3, -0.25) is 0 Å². The van der Waals surface area contributed by atoms with E-state index in [1.807, 2.05) is 24.3 Å². The largest absolute Gasteiger partial charge is 0.362 e. The summed E-state index contributed by atoms with van der Waals surface area (Å²) in [5.41, 5.74) is 2.59. The Balaban J connectivity index is 1.84. The van der Waals surface area contributed by atoms with Crippen LogP contribution in [0.1, 0.15) is 34.9 Å². The molecular weight excluding hydrogens is 230 g/mol. The molecule has 0 saturated heterocycles. The molecule has 3 nitrogen and oxygen atoms in total. The smallest absolute Gasteiger partial charge is 0.149 e. The molecule has 0 bridgehead atoms. The Labute approximate surface area is 105 Å². The molecule has 0 aliphatic heterocycles. The molecule has 2 heterocycles. The lowest BCUT2D eigenvalue weighted by Crippen LogP contribution is -2.16. The summed E-state index contributed by atoms with van der Waals surface area (Å²) in [6.45, 7) is 2.04. The highest BCUT2D eigenvalue weighted by Gasteiger charge is 2.21. The zero-order valence-electron chi connectivity index (χ0n) is 9.81. The molecule has 1 atom stereocenters. The van der Waals surface area contributed by atoms with Gasteiger partial charge in [0.15, 0.2) is 0 Å². The van der Waals surface area contributed by atoms with Crippen LogP contribution in [0.5, 0.6) is 0 Å². The highest BCUT2D eigenvalue weighted by molar-refractivity contribution is 7.10. The maximum Gasteiger partial charge on any atom is 0.149 e. The van der Waals surface area contributed by atoms with Gasteiger partial charge in [0.25, 0.3) is 0 Å². The third-order valence-electron chi connectivity index (χ3n) is 3.17. The van der Waals surface area contributed by atoms with Crippen molar-refractivity contribution in [3.63, 3.8) is 0 Å². The topological polar surface area (TPSA) is 37.8 Å². The van der Waals surface area contributed by atoms with Crippen LogP contribution in [-0.2, 0) is 6.42 Å². The van der Waals surface area contributed by atoms with Crippen molar-refractivity contribution in [2.75, 3.05) is 5.32 Å². The van der Waals surface area contributed by atoms with Gasteiger partial charge in [-0.05, 0) is 54.8 Å². The van der Waals surface area contributed by atoms with Crippen LogP contribution in [0.15, 0.2) is 23.7 Å². The van der Waals surface area contributed by atoms with Crippen molar-refractivity contribution in [2.24, 2.45) is 0 Å². The number of aromatic nitrogens is 2. The minimum absolute atomic E-state index is 0.404. The molecule has 4 heteroatoms. The van der Waals surface area contributed by atoms with Crippen molar-refractivity contribution < 1.29 is 0 Å². The van der Waals surface area contributed by atoms with Crippen LogP contribution in [0.3, 0.4) is 0 Å². The van der Waals surface area contributed by atoms with Crippen LogP contribution in [-0.4, -0.2) is 10.2 Å². The van der Waals surface area contributed by atoms with Gasteiger partial charge in [-0.1, -0.05) is 0 Å². The Hall–Kier alpha value is -1.42. The van der Waals surface area contributed by atoms with E-state index in [4.69, 9.17) is 0 Å². The Morgan fingerprint density at radius 2 is 2.41 bits per heavy atom. The minimum atomic E-state index is 0.404. The third-order valence-corrected chi connectivity index (χ3v) is 4.16. The van der Waals surface area contributed by atoms with E-state index in [-0.39, 0.29) is 0 Å². The monoisotopic (exact) mass is 245 g/mol. The van der Waals surface area contributed by atoms with Gasteiger partial charge in [-0.2, -0.15) is 5.10 Å². The molecule has 0 spiro atoms. The Bertz CT molecular complexity index is 521. The van der Waals surface area contributed by atoms with E-state index in [2.05, 4.69) is 27.0 Å². The van der Waals surface area contributed by atoms with Crippen LogP contribution >= 0.6 is 11.3 Å². The van der Waals surface area contributed by atoms with Gasteiger partial charge < -0.3 is 5.32 Å². The van der Waals surface area contributed by atoms with E-state index in [0.717, 1.165) is 11.4 Å². The first kappa shape index (κ1) is 10.7. The quantitative estimate of drug-likeness (QED) is 0.881. The van der Waals surface area contributed by atoms with Crippen molar-refractivity contribution in [1.82, 2.24) is 10.2 Å². The molecule has 2 aromatic rings. The van der Waals surface area contributed by atoms with E-state index in [0.29, 0.717) is 6.04 Å². The normalized spacial score (nSPS) is 18.8. The molecule has 1 unspecified atom stereocenters. The zero-order valence-corrected chi connectivity index (χ0v) is 10.6. The van der Waals surface area contributed by atoms with Gasteiger partial charge in [0.1, 0.15) is 5.82 Å². The molecule has 0 aromatic carbocycles. The fraction of sp³-hybridized carbons (Fsp3) is 0.385. The lowest BCUT2D eigenvalue weighted by atomic mass is 9.94. The summed E-state index contributed by atoms with van der Waals surface area (Å²) in [6, 6.07) is 4.69. The number of nitrogens with zero attached hydrogens (tertiary/aromatic N) is 2. The maximum absolute atomic E-state index is 4.13. The molecule has 0 fully saturated rings.